The molecule has 3 aromatic rings. The second-order valence-corrected chi connectivity index (χ2v) is 7.27. The molecule has 1 aromatic carbocycles. The first kappa shape index (κ1) is 19.2. The fourth-order valence-corrected chi connectivity index (χ4v) is 3.99. The van der Waals surface area contributed by atoms with Crippen LogP contribution in [0.4, 0.5) is 5.95 Å². The van der Waals surface area contributed by atoms with Crippen LogP contribution in [0.3, 0.4) is 0 Å². The van der Waals surface area contributed by atoms with E-state index in [1.165, 1.54) is 19.3 Å². The lowest BCUT2D eigenvalue weighted by atomic mass is 9.84. The summed E-state index contributed by atoms with van der Waals surface area (Å²) in [6.07, 6.45) is 6.86. The molecule has 1 aliphatic rings. The number of amides is 1. The summed E-state index contributed by atoms with van der Waals surface area (Å²) in [5.74, 6) is 1.23. The molecule has 154 valence electrons. The highest BCUT2D eigenvalue weighted by atomic mass is 16.5. The minimum absolute atomic E-state index is 0.0130. The Bertz CT molecular complexity index is 963. The van der Waals surface area contributed by atoms with Crippen LogP contribution in [-0.2, 0) is 0 Å². The minimum atomic E-state index is -0.491. The standard InChI is InChI=1S/C20H25N5O4/c1-3-15(12-7-5-4-6-8-12)28-17-14-11-13(27-2)9-10-16(14)29-18(17)19(26)21-20-22-24-25-23-20/h9-12,15H,3-8H2,1-2H3,(H2,21,22,23,24,25,26). The number of carbonyl (C=O) groups is 1. The zero-order chi connectivity index (χ0) is 20.2. The fraction of sp³-hybridized carbons (Fsp3) is 0.500. The predicted octanol–water partition coefficient (Wildman–Crippen LogP) is 3.94. The van der Waals surface area contributed by atoms with Crippen LogP contribution in [0.15, 0.2) is 22.6 Å². The highest BCUT2D eigenvalue weighted by Gasteiger charge is 2.29. The van der Waals surface area contributed by atoms with Gasteiger partial charge in [-0.25, -0.2) is 0 Å². The monoisotopic (exact) mass is 399 g/mol. The zero-order valence-electron chi connectivity index (χ0n) is 16.6. The number of ether oxygens (including phenoxy) is 2. The number of tetrazole rings is 1. The second-order valence-electron chi connectivity index (χ2n) is 7.27. The molecule has 9 nitrogen and oxygen atoms in total. The van der Waals surface area contributed by atoms with Gasteiger partial charge in [-0.1, -0.05) is 31.3 Å². The summed E-state index contributed by atoms with van der Waals surface area (Å²) >= 11 is 0. The molecule has 2 N–H and O–H groups in total. The molecule has 1 amide bonds. The number of fused-ring (bicyclic) bond motifs is 1. The predicted molar refractivity (Wildman–Crippen MR) is 106 cm³/mol. The van der Waals surface area contributed by atoms with Crippen LogP contribution >= 0.6 is 0 Å². The Morgan fingerprint density at radius 1 is 1.34 bits per heavy atom. The van der Waals surface area contributed by atoms with E-state index in [9.17, 15) is 4.79 Å². The van der Waals surface area contributed by atoms with E-state index in [4.69, 9.17) is 13.9 Å². The van der Waals surface area contributed by atoms with E-state index in [1.807, 2.05) is 6.07 Å². The molecule has 0 bridgehead atoms. The van der Waals surface area contributed by atoms with E-state index in [0.717, 1.165) is 19.3 Å². The number of carbonyl (C=O) groups excluding carboxylic acids is 1. The SMILES string of the molecule is CCC(Oc1c(C(=O)Nc2nn[nH]n2)oc2ccc(OC)cc12)C1CCCCC1. The molecule has 29 heavy (non-hydrogen) atoms. The summed E-state index contributed by atoms with van der Waals surface area (Å²) in [6.45, 7) is 2.11. The van der Waals surface area contributed by atoms with Crippen molar-refractivity contribution in [2.24, 2.45) is 5.92 Å². The zero-order valence-corrected chi connectivity index (χ0v) is 16.6. The van der Waals surface area contributed by atoms with Crippen molar-refractivity contribution >= 4 is 22.8 Å². The van der Waals surface area contributed by atoms with Gasteiger partial charge in [-0.15, -0.1) is 5.10 Å². The van der Waals surface area contributed by atoms with Crippen LogP contribution in [0.1, 0.15) is 56.0 Å². The third-order valence-corrected chi connectivity index (χ3v) is 5.47. The maximum Gasteiger partial charge on any atom is 0.297 e. The molecule has 0 saturated heterocycles. The molecular formula is C20H25N5O4. The summed E-state index contributed by atoms with van der Waals surface area (Å²) in [7, 11) is 1.60. The molecule has 4 rings (SSSR count). The summed E-state index contributed by atoms with van der Waals surface area (Å²) in [5.41, 5.74) is 0.553. The number of furan rings is 1. The van der Waals surface area contributed by atoms with E-state index in [0.29, 0.717) is 28.4 Å². The first-order valence-corrected chi connectivity index (χ1v) is 10.0. The number of benzene rings is 1. The van der Waals surface area contributed by atoms with Crippen LogP contribution in [0.5, 0.6) is 11.5 Å². The lowest BCUT2D eigenvalue weighted by molar-refractivity contribution is 0.0928. The average molecular weight is 399 g/mol. The molecule has 0 spiro atoms. The Balaban J connectivity index is 1.70. The Hall–Kier alpha value is -3.10. The lowest BCUT2D eigenvalue weighted by Crippen LogP contribution is -2.28. The van der Waals surface area contributed by atoms with Crippen molar-refractivity contribution in [3.63, 3.8) is 0 Å². The number of H-pyrrole nitrogens is 1. The molecule has 2 aromatic heterocycles. The summed E-state index contributed by atoms with van der Waals surface area (Å²) in [6, 6.07) is 5.38. The van der Waals surface area contributed by atoms with Crippen molar-refractivity contribution in [2.45, 2.75) is 51.6 Å². The van der Waals surface area contributed by atoms with Crippen LogP contribution in [0, 0.1) is 5.92 Å². The quantitative estimate of drug-likeness (QED) is 0.618. The van der Waals surface area contributed by atoms with E-state index in [2.05, 4.69) is 32.9 Å². The molecule has 1 atom stereocenters. The molecule has 1 fully saturated rings. The summed E-state index contributed by atoms with van der Waals surface area (Å²) in [5, 5.41) is 16.6. The Morgan fingerprint density at radius 3 is 2.86 bits per heavy atom. The number of hydrogen-bond donors (Lipinski definition) is 2. The van der Waals surface area contributed by atoms with Gasteiger partial charge in [0.1, 0.15) is 17.4 Å². The first-order valence-electron chi connectivity index (χ1n) is 10.0. The Labute approximate surface area is 168 Å². The number of aromatic nitrogens is 4. The van der Waals surface area contributed by atoms with Gasteiger partial charge in [0.15, 0.2) is 5.75 Å². The number of nitrogens with zero attached hydrogens (tertiary/aromatic N) is 3. The number of rotatable bonds is 7. The number of nitrogens with one attached hydrogen (secondary N) is 2. The van der Waals surface area contributed by atoms with Crippen molar-refractivity contribution in [1.82, 2.24) is 20.6 Å². The number of aromatic amines is 1. The third-order valence-electron chi connectivity index (χ3n) is 5.47. The van der Waals surface area contributed by atoms with Crippen molar-refractivity contribution in [2.75, 3.05) is 12.4 Å². The molecule has 9 heteroatoms. The summed E-state index contributed by atoms with van der Waals surface area (Å²) in [4.78, 5) is 12.9. The van der Waals surface area contributed by atoms with Gasteiger partial charge in [0.05, 0.1) is 12.5 Å². The normalized spacial score (nSPS) is 15.9. The van der Waals surface area contributed by atoms with E-state index in [1.54, 1.807) is 19.2 Å². The van der Waals surface area contributed by atoms with E-state index >= 15 is 0 Å². The average Bonchev–Trinajstić information content (AvgIpc) is 3.39. The molecule has 0 radical (unpaired) electrons. The lowest BCUT2D eigenvalue weighted by Gasteiger charge is -2.30. The molecule has 1 saturated carbocycles. The third kappa shape index (κ3) is 4.03. The second kappa shape index (κ2) is 8.50. The Morgan fingerprint density at radius 2 is 2.17 bits per heavy atom. The van der Waals surface area contributed by atoms with Crippen molar-refractivity contribution in [1.29, 1.82) is 0 Å². The molecule has 0 aliphatic heterocycles. The smallest absolute Gasteiger partial charge is 0.297 e. The molecule has 2 heterocycles. The van der Waals surface area contributed by atoms with Gasteiger partial charge in [-0.2, -0.15) is 5.21 Å². The number of hydrogen-bond acceptors (Lipinski definition) is 7. The Kier molecular flexibility index (Phi) is 5.64. The van der Waals surface area contributed by atoms with Crippen molar-refractivity contribution in [3.8, 4) is 11.5 Å². The fourth-order valence-electron chi connectivity index (χ4n) is 3.99. The van der Waals surface area contributed by atoms with Crippen molar-refractivity contribution in [3.05, 3.63) is 24.0 Å². The number of methoxy groups -OCH3 is 1. The van der Waals surface area contributed by atoms with Gasteiger partial charge < -0.3 is 13.9 Å². The summed E-state index contributed by atoms with van der Waals surface area (Å²) < 4.78 is 17.7. The minimum Gasteiger partial charge on any atom is -0.497 e. The van der Waals surface area contributed by atoms with Gasteiger partial charge in [0.2, 0.25) is 5.76 Å². The van der Waals surface area contributed by atoms with E-state index < -0.39 is 5.91 Å². The van der Waals surface area contributed by atoms with Gasteiger partial charge >= 0.3 is 0 Å². The molecule has 1 aliphatic carbocycles. The van der Waals surface area contributed by atoms with Crippen molar-refractivity contribution < 1.29 is 18.7 Å². The van der Waals surface area contributed by atoms with Crippen LogP contribution in [0.25, 0.3) is 11.0 Å². The molecule has 1 unspecified atom stereocenters. The highest BCUT2D eigenvalue weighted by molar-refractivity contribution is 6.07. The maximum atomic E-state index is 12.9. The maximum absolute atomic E-state index is 12.9. The number of anilines is 1. The topological polar surface area (TPSA) is 115 Å². The van der Waals surface area contributed by atoms with Crippen LogP contribution in [0.2, 0.25) is 0 Å². The van der Waals surface area contributed by atoms with Gasteiger partial charge in [0.25, 0.3) is 11.9 Å². The largest absolute Gasteiger partial charge is 0.497 e. The van der Waals surface area contributed by atoms with Crippen LogP contribution in [-0.4, -0.2) is 39.7 Å². The van der Waals surface area contributed by atoms with Gasteiger partial charge in [-0.3, -0.25) is 10.1 Å². The first-order chi connectivity index (χ1) is 14.2. The van der Waals surface area contributed by atoms with E-state index in [-0.39, 0.29) is 17.8 Å². The highest BCUT2D eigenvalue weighted by Crippen LogP contribution is 2.39. The van der Waals surface area contributed by atoms with Crippen LogP contribution < -0.4 is 14.8 Å². The molecular weight excluding hydrogens is 374 g/mol. The van der Waals surface area contributed by atoms with Gasteiger partial charge in [-0.05, 0) is 48.6 Å². The van der Waals surface area contributed by atoms with Gasteiger partial charge in [0, 0.05) is 0 Å².